The molecule has 4 atom stereocenters. The molecule has 0 heterocycles. The SMILES string of the molecule is CCCC(NC(CCC)C(C)CC)C(C)CC. The zero-order valence-corrected chi connectivity index (χ0v) is 13.1. The van der Waals surface area contributed by atoms with Crippen molar-refractivity contribution in [3.8, 4) is 0 Å². The third-order valence-corrected chi connectivity index (χ3v) is 4.29. The molecule has 0 saturated carbocycles. The van der Waals surface area contributed by atoms with Crippen LogP contribution in [-0.2, 0) is 0 Å². The zero-order chi connectivity index (χ0) is 13.3. The number of nitrogens with one attached hydrogen (secondary N) is 1. The molecule has 0 aliphatic carbocycles. The highest BCUT2D eigenvalue weighted by Crippen LogP contribution is 2.19. The maximum Gasteiger partial charge on any atom is 0.00951 e. The molecule has 0 saturated heterocycles. The van der Waals surface area contributed by atoms with Crippen LogP contribution in [0.1, 0.15) is 80.1 Å². The highest BCUT2D eigenvalue weighted by molar-refractivity contribution is 4.80. The van der Waals surface area contributed by atoms with Gasteiger partial charge in [0.2, 0.25) is 0 Å². The fraction of sp³-hybridized carbons (Fsp3) is 1.00. The number of hydrogen-bond donors (Lipinski definition) is 1. The van der Waals surface area contributed by atoms with Crippen molar-refractivity contribution in [2.45, 2.75) is 92.2 Å². The minimum absolute atomic E-state index is 0.718. The van der Waals surface area contributed by atoms with Gasteiger partial charge in [0.15, 0.2) is 0 Å². The average molecular weight is 241 g/mol. The predicted molar refractivity (Wildman–Crippen MR) is 79.4 cm³/mol. The first-order valence-electron chi connectivity index (χ1n) is 7.86. The summed E-state index contributed by atoms with van der Waals surface area (Å²) in [6.07, 6.45) is 7.81. The van der Waals surface area contributed by atoms with Crippen molar-refractivity contribution in [1.29, 1.82) is 0 Å². The average Bonchev–Trinajstić information content (AvgIpc) is 2.35. The van der Waals surface area contributed by atoms with E-state index in [-0.39, 0.29) is 0 Å². The Morgan fingerprint density at radius 3 is 1.29 bits per heavy atom. The second kappa shape index (κ2) is 9.94. The van der Waals surface area contributed by atoms with E-state index in [0.717, 1.165) is 23.9 Å². The Hall–Kier alpha value is -0.0400. The van der Waals surface area contributed by atoms with Gasteiger partial charge >= 0.3 is 0 Å². The van der Waals surface area contributed by atoms with Crippen LogP contribution >= 0.6 is 0 Å². The molecule has 0 rings (SSSR count). The standard InChI is InChI=1S/C16H35N/c1-7-11-15(13(5)9-3)17-16(12-8-2)14(6)10-4/h13-17H,7-12H2,1-6H3. The minimum Gasteiger partial charge on any atom is -0.311 e. The van der Waals surface area contributed by atoms with Gasteiger partial charge in [0.25, 0.3) is 0 Å². The summed E-state index contributed by atoms with van der Waals surface area (Å²) in [5, 5.41) is 3.96. The molecule has 0 aliphatic heterocycles. The Bertz CT molecular complexity index is 149. The summed E-state index contributed by atoms with van der Waals surface area (Å²) in [6, 6.07) is 1.44. The molecule has 1 N–H and O–H groups in total. The van der Waals surface area contributed by atoms with E-state index in [1.807, 2.05) is 0 Å². The Morgan fingerprint density at radius 2 is 1.06 bits per heavy atom. The van der Waals surface area contributed by atoms with Gasteiger partial charge in [-0.25, -0.2) is 0 Å². The van der Waals surface area contributed by atoms with Gasteiger partial charge in [-0.3, -0.25) is 0 Å². The molecule has 0 fully saturated rings. The second-order valence-corrected chi connectivity index (χ2v) is 5.73. The molecule has 0 amide bonds. The van der Waals surface area contributed by atoms with Gasteiger partial charge in [0.05, 0.1) is 0 Å². The first-order chi connectivity index (χ1) is 8.10. The van der Waals surface area contributed by atoms with Crippen molar-refractivity contribution in [3.05, 3.63) is 0 Å². The molecule has 0 aromatic carbocycles. The topological polar surface area (TPSA) is 12.0 Å². The Labute approximate surface area is 110 Å². The van der Waals surface area contributed by atoms with Crippen LogP contribution in [0, 0.1) is 11.8 Å². The van der Waals surface area contributed by atoms with Crippen LogP contribution in [0.5, 0.6) is 0 Å². The lowest BCUT2D eigenvalue weighted by atomic mass is 9.90. The Kier molecular flexibility index (Phi) is 9.91. The molecule has 1 nitrogen and oxygen atoms in total. The molecule has 0 aromatic rings. The quantitative estimate of drug-likeness (QED) is 0.567. The largest absolute Gasteiger partial charge is 0.311 e. The molecule has 0 spiro atoms. The molecule has 4 unspecified atom stereocenters. The van der Waals surface area contributed by atoms with Crippen molar-refractivity contribution < 1.29 is 0 Å². The summed E-state index contributed by atoms with van der Waals surface area (Å²) < 4.78 is 0. The third-order valence-electron chi connectivity index (χ3n) is 4.29. The van der Waals surface area contributed by atoms with E-state index in [1.165, 1.54) is 38.5 Å². The normalized spacial score (nSPS) is 18.7. The van der Waals surface area contributed by atoms with E-state index < -0.39 is 0 Å². The van der Waals surface area contributed by atoms with Gasteiger partial charge in [0, 0.05) is 12.1 Å². The summed E-state index contributed by atoms with van der Waals surface area (Å²) in [5.74, 6) is 1.61. The fourth-order valence-electron chi connectivity index (χ4n) is 2.53. The van der Waals surface area contributed by atoms with Crippen LogP contribution in [-0.4, -0.2) is 12.1 Å². The van der Waals surface area contributed by atoms with Crippen molar-refractivity contribution in [2.24, 2.45) is 11.8 Å². The van der Waals surface area contributed by atoms with Gasteiger partial charge in [0.1, 0.15) is 0 Å². The first kappa shape index (κ1) is 17.0. The van der Waals surface area contributed by atoms with Crippen LogP contribution in [0.4, 0.5) is 0 Å². The van der Waals surface area contributed by atoms with E-state index in [4.69, 9.17) is 0 Å². The van der Waals surface area contributed by atoms with Gasteiger partial charge in [-0.05, 0) is 24.7 Å². The van der Waals surface area contributed by atoms with Gasteiger partial charge < -0.3 is 5.32 Å². The first-order valence-corrected chi connectivity index (χ1v) is 7.86. The smallest absolute Gasteiger partial charge is 0.00951 e. The van der Waals surface area contributed by atoms with Crippen LogP contribution in [0.25, 0.3) is 0 Å². The Balaban J connectivity index is 4.43. The molecule has 1 heteroatoms. The van der Waals surface area contributed by atoms with E-state index in [1.54, 1.807) is 0 Å². The number of rotatable bonds is 10. The van der Waals surface area contributed by atoms with E-state index in [9.17, 15) is 0 Å². The van der Waals surface area contributed by atoms with Crippen LogP contribution in [0.2, 0.25) is 0 Å². The molecule has 0 radical (unpaired) electrons. The van der Waals surface area contributed by atoms with Gasteiger partial charge in [-0.1, -0.05) is 67.2 Å². The van der Waals surface area contributed by atoms with Crippen molar-refractivity contribution >= 4 is 0 Å². The number of hydrogen-bond acceptors (Lipinski definition) is 1. The summed E-state index contributed by atoms with van der Waals surface area (Å²) in [5.41, 5.74) is 0. The highest BCUT2D eigenvalue weighted by Gasteiger charge is 2.21. The fourth-order valence-corrected chi connectivity index (χ4v) is 2.53. The van der Waals surface area contributed by atoms with Crippen LogP contribution in [0.3, 0.4) is 0 Å². The second-order valence-electron chi connectivity index (χ2n) is 5.73. The third kappa shape index (κ3) is 6.45. The lowest BCUT2D eigenvalue weighted by Crippen LogP contribution is -2.45. The van der Waals surface area contributed by atoms with Crippen molar-refractivity contribution in [2.75, 3.05) is 0 Å². The van der Waals surface area contributed by atoms with Crippen LogP contribution in [0.15, 0.2) is 0 Å². The zero-order valence-electron chi connectivity index (χ0n) is 13.1. The maximum atomic E-state index is 3.96. The molecule has 0 bridgehead atoms. The summed E-state index contributed by atoms with van der Waals surface area (Å²) in [7, 11) is 0. The molecule has 104 valence electrons. The Morgan fingerprint density at radius 1 is 0.706 bits per heavy atom. The lowest BCUT2D eigenvalue weighted by Gasteiger charge is -2.32. The minimum atomic E-state index is 0.718. The van der Waals surface area contributed by atoms with Crippen molar-refractivity contribution in [3.63, 3.8) is 0 Å². The molecule has 0 aromatic heterocycles. The maximum absolute atomic E-state index is 3.96. The van der Waals surface area contributed by atoms with E-state index >= 15 is 0 Å². The predicted octanol–water partition coefficient (Wildman–Crippen LogP) is 5.01. The summed E-state index contributed by atoms with van der Waals surface area (Å²) in [4.78, 5) is 0. The van der Waals surface area contributed by atoms with Crippen LogP contribution < -0.4 is 5.32 Å². The summed E-state index contributed by atoms with van der Waals surface area (Å²) >= 11 is 0. The van der Waals surface area contributed by atoms with Crippen molar-refractivity contribution in [1.82, 2.24) is 5.32 Å². The van der Waals surface area contributed by atoms with Gasteiger partial charge in [-0.15, -0.1) is 0 Å². The molecular weight excluding hydrogens is 206 g/mol. The molecule has 17 heavy (non-hydrogen) atoms. The molecule has 0 aliphatic rings. The molecular formula is C16H35N. The van der Waals surface area contributed by atoms with E-state index in [2.05, 4.69) is 46.9 Å². The summed E-state index contributed by atoms with van der Waals surface area (Å²) in [6.45, 7) is 14.0. The van der Waals surface area contributed by atoms with E-state index in [0.29, 0.717) is 0 Å². The monoisotopic (exact) mass is 241 g/mol. The highest BCUT2D eigenvalue weighted by atomic mass is 15.0. The van der Waals surface area contributed by atoms with Gasteiger partial charge in [-0.2, -0.15) is 0 Å². The lowest BCUT2D eigenvalue weighted by molar-refractivity contribution is 0.254.